The van der Waals surface area contributed by atoms with Crippen molar-refractivity contribution in [1.29, 1.82) is 0 Å². The number of carbonyl (C=O) groups excluding carboxylic acids is 1. The van der Waals surface area contributed by atoms with E-state index < -0.39 is 0 Å². The maximum atomic E-state index is 12.8. The highest BCUT2D eigenvalue weighted by Crippen LogP contribution is 2.20. The van der Waals surface area contributed by atoms with Crippen LogP contribution in [0.25, 0.3) is 0 Å². The molecular formula is C49H99NO4. The fourth-order valence-corrected chi connectivity index (χ4v) is 7.34. The number of carbonyl (C=O) groups is 1. The zero-order valence-corrected chi connectivity index (χ0v) is 38.1. The smallest absolute Gasteiger partial charge is 0.407 e. The number of amides is 1. The number of ether oxygens (including phenoxy) is 3. The summed E-state index contributed by atoms with van der Waals surface area (Å²) in [6.07, 6.45) is 46.7. The molecule has 0 bridgehead atoms. The fourth-order valence-electron chi connectivity index (χ4n) is 7.34. The summed E-state index contributed by atoms with van der Waals surface area (Å²) in [5.41, 5.74) is -0.528. The number of hydrogen-bond acceptors (Lipinski definition) is 4. The van der Waals surface area contributed by atoms with Crippen LogP contribution in [0.1, 0.15) is 273 Å². The van der Waals surface area contributed by atoms with E-state index in [2.05, 4.69) is 53.8 Å². The van der Waals surface area contributed by atoms with E-state index in [4.69, 9.17) is 14.2 Å². The normalized spacial score (nSPS) is 12.2. The highest BCUT2D eigenvalue weighted by atomic mass is 16.6. The summed E-state index contributed by atoms with van der Waals surface area (Å²) in [5.74, 6) is 0. The average molecular weight is 766 g/mol. The van der Waals surface area contributed by atoms with Gasteiger partial charge in [0.15, 0.2) is 0 Å². The molecule has 54 heavy (non-hydrogen) atoms. The Morgan fingerprint density at radius 2 is 0.759 bits per heavy atom. The Bertz CT molecular complexity index is 727. The summed E-state index contributed by atoms with van der Waals surface area (Å²) >= 11 is 0. The number of alkyl carbamates (subject to hydrolysis) is 1. The van der Waals surface area contributed by atoms with Crippen molar-refractivity contribution in [1.82, 2.24) is 5.32 Å². The SMILES string of the molecule is CCCCCCCCCCCCCCCCCCC(CCCCCCCCCCCCCCCCCC)OC(=O)NCCCOC(C)(C)COC(C)(C)C. The molecule has 5 heteroatoms. The van der Waals surface area contributed by atoms with E-state index in [1.807, 2.05) is 0 Å². The summed E-state index contributed by atoms with van der Waals surface area (Å²) in [6.45, 7) is 16.6. The zero-order chi connectivity index (χ0) is 39.9. The van der Waals surface area contributed by atoms with E-state index in [1.165, 1.54) is 193 Å². The molecule has 0 aliphatic heterocycles. The molecule has 1 N–H and O–H groups in total. The summed E-state index contributed by atoms with van der Waals surface area (Å²) < 4.78 is 18.0. The van der Waals surface area contributed by atoms with E-state index in [0.29, 0.717) is 19.8 Å². The van der Waals surface area contributed by atoms with E-state index in [1.54, 1.807) is 0 Å². The lowest BCUT2D eigenvalue weighted by Gasteiger charge is -2.30. The van der Waals surface area contributed by atoms with Crippen molar-refractivity contribution in [3.63, 3.8) is 0 Å². The first-order valence-corrected chi connectivity index (χ1v) is 24.3. The molecule has 0 radical (unpaired) electrons. The Labute approximate surface area is 339 Å². The molecule has 0 saturated carbocycles. The average Bonchev–Trinajstić information content (AvgIpc) is 3.13. The van der Waals surface area contributed by atoms with Crippen LogP contribution in [0.5, 0.6) is 0 Å². The second-order valence-corrected chi connectivity index (χ2v) is 18.5. The minimum absolute atomic E-state index is 0.0352. The quantitative estimate of drug-likeness (QED) is 0.0629. The van der Waals surface area contributed by atoms with Gasteiger partial charge >= 0.3 is 6.09 Å². The number of unbranched alkanes of at least 4 members (excludes halogenated alkanes) is 30. The second kappa shape index (κ2) is 39.0. The van der Waals surface area contributed by atoms with E-state index >= 15 is 0 Å². The molecule has 0 spiro atoms. The van der Waals surface area contributed by atoms with Crippen LogP contribution in [0.15, 0.2) is 0 Å². The molecule has 0 aromatic rings. The third kappa shape index (κ3) is 42.3. The van der Waals surface area contributed by atoms with Gasteiger partial charge in [0.2, 0.25) is 0 Å². The van der Waals surface area contributed by atoms with E-state index in [0.717, 1.165) is 32.1 Å². The Kier molecular flexibility index (Phi) is 38.5. The fraction of sp³-hybridized carbons (Fsp3) is 0.980. The molecule has 5 nitrogen and oxygen atoms in total. The molecule has 0 aromatic heterocycles. The molecule has 0 heterocycles. The zero-order valence-electron chi connectivity index (χ0n) is 38.1. The monoisotopic (exact) mass is 766 g/mol. The van der Waals surface area contributed by atoms with Crippen LogP contribution < -0.4 is 5.32 Å². The van der Waals surface area contributed by atoms with E-state index in [9.17, 15) is 4.79 Å². The lowest BCUT2D eigenvalue weighted by molar-refractivity contribution is -0.114. The topological polar surface area (TPSA) is 56.8 Å². The van der Waals surface area contributed by atoms with Gasteiger partial charge in [-0.05, 0) is 66.7 Å². The van der Waals surface area contributed by atoms with Crippen molar-refractivity contribution in [2.24, 2.45) is 0 Å². The van der Waals surface area contributed by atoms with Crippen LogP contribution >= 0.6 is 0 Å². The Balaban J connectivity index is 4.21. The second-order valence-electron chi connectivity index (χ2n) is 18.5. The van der Waals surface area contributed by atoms with Gasteiger partial charge in [-0.1, -0.05) is 206 Å². The van der Waals surface area contributed by atoms with Gasteiger partial charge in [-0.2, -0.15) is 0 Å². The summed E-state index contributed by atoms with van der Waals surface area (Å²) in [5, 5.41) is 3.00. The predicted molar refractivity (Wildman–Crippen MR) is 237 cm³/mol. The predicted octanol–water partition coefficient (Wildman–Crippen LogP) is 16.4. The third-order valence-corrected chi connectivity index (χ3v) is 11.0. The Hall–Kier alpha value is -0.810. The van der Waals surface area contributed by atoms with Crippen molar-refractivity contribution in [2.45, 2.75) is 291 Å². The summed E-state index contributed by atoms with van der Waals surface area (Å²) in [7, 11) is 0. The van der Waals surface area contributed by atoms with Crippen molar-refractivity contribution < 1.29 is 19.0 Å². The van der Waals surface area contributed by atoms with Crippen molar-refractivity contribution >= 4 is 6.09 Å². The first kappa shape index (κ1) is 53.2. The lowest BCUT2D eigenvalue weighted by Crippen LogP contribution is -2.36. The Morgan fingerprint density at radius 1 is 0.444 bits per heavy atom. The molecule has 0 aliphatic carbocycles. The van der Waals surface area contributed by atoms with E-state index in [-0.39, 0.29) is 23.4 Å². The van der Waals surface area contributed by atoms with Crippen LogP contribution in [0.4, 0.5) is 4.79 Å². The molecule has 0 aromatic carbocycles. The van der Waals surface area contributed by atoms with Gasteiger partial charge in [0.1, 0.15) is 6.10 Å². The molecule has 0 saturated heterocycles. The van der Waals surface area contributed by atoms with Crippen molar-refractivity contribution in [2.75, 3.05) is 19.8 Å². The molecule has 0 rings (SSSR count). The summed E-state index contributed by atoms with van der Waals surface area (Å²) in [6, 6.07) is 0. The largest absolute Gasteiger partial charge is 0.446 e. The number of hydrogen-bond donors (Lipinski definition) is 1. The first-order chi connectivity index (χ1) is 26.1. The summed E-state index contributed by atoms with van der Waals surface area (Å²) in [4.78, 5) is 12.8. The van der Waals surface area contributed by atoms with Gasteiger partial charge in [-0.3, -0.25) is 0 Å². The third-order valence-electron chi connectivity index (χ3n) is 11.0. The van der Waals surface area contributed by atoms with Crippen LogP contribution in [-0.2, 0) is 14.2 Å². The van der Waals surface area contributed by atoms with Crippen LogP contribution in [-0.4, -0.2) is 43.2 Å². The van der Waals surface area contributed by atoms with Gasteiger partial charge in [0, 0.05) is 13.2 Å². The van der Waals surface area contributed by atoms with Gasteiger partial charge in [-0.25, -0.2) is 4.79 Å². The van der Waals surface area contributed by atoms with Gasteiger partial charge < -0.3 is 19.5 Å². The maximum absolute atomic E-state index is 12.8. The minimum atomic E-state index is -0.348. The van der Waals surface area contributed by atoms with Crippen molar-refractivity contribution in [3.05, 3.63) is 0 Å². The highest BCUT2D eigenvalue weighted by molar-refractivity contribution is 5.67. The molecule has 0 unspecified atom stereocenters. The molecule has 1 amide bonds. The van der Waals surface area contributed by atoms with Crippen LogP contribution in [0.2, 0.25) is 0 Å². The molecule has 324 valence electrons. The van der Waals surface area contributed by atoms with Gasteiger partial charge in [0.25, 0.3) is 0 Å². The molecular weight excluding hydrogens is 667 g/mol. The van der Waals surface area contributed by atoms with Gasteiger partial charge in [-0.15, -0.1) is 0 Å². The molecule has 0 atom stereocenters. The number of rotatable bonds is 42. The standard InChI is InChI=1S/C49H99NO4/c1-8-10-12-14-16-18-20-22-24-26-28-30-32-34-36-38-41-46(54-47(51)50-43-40-44-52-49(6,7)45-53-48(3,4)5)42-39-37-35-33-31-29-27-25-23-21-19-17-15-13-11-9-2/h46H,8-45H2,1-7H3,(H,50,51). The maximum Gasteiger partial charge on any atom is 0.407 e. The first-order valence-electron chi connectivity index (χ1n) is 24.3. The molecule has 0 aliphatic rings. The van der Waals surface area contributed by atoms with Crippen molar-refractivity contribution in [3.8, 4) is 0 Å². The Morgan fingerprint density at radius 3 is 1.07 bits per heavy atom. The highest BCUT2D eigenvalue weighted by Gasteiger charge is 2.22. The van der Waals surface area contributed by atoms with Crippen LogP contribution in [0, 0.1) is 0 Å². The number of nitrogens with one attached hydrogen (secondary N) is 1. The van der Waals surface area contributed by atoms with Gasteiger partial charge in [0.05, 0.1) is 17.8 Å². The lowest BCUT2D eigenvalue weighted by atomic mass is 10.0. The van der Waals surface area contributed by atoms with Crippen LogP contribution in [0.3, 0.4) is 0 Å². The minimum Gasteiger partial charge on any atom is -0.446 e. The molecule has 0 fully saturated rings.